The van der Waals surface area contributed by atoms with Crippen LogP contribution in [0.15, 0.2) is 85.2 Å². The van der Waals surface area contributed by atoms with Crippen LogP contribution in [0.5, 0.6) is 0 Å². The molecule has 3 heterocycles. The summed E-state index contributed by atoms with van der Waals surface area (Å²) >= 11 is 0. The van der Waals surface area contributed by atoms with Crippen molar-refractivity contribution in [1.29, 1.82) is 0 Å². The summed E-state index contributed by atoms with van der Waals surface area (Å²) < 4.78 is 27.5. The number of carbonyl (C=O) groups is 10. The molecule has 1 aliphatic heterocycles. The van der Waals surface area contributed by atoms with Gasteiger partial charge in [0.15, 0.2) is 24.4 Å². The van der Waals surface area contributed by atoms with Gasteiger partial charge in [-0.1, -0.05) is 104 Å². The van der Waals surface area contributed by atoms with E-state index in [1.54, 1.807) is 94.3 Å². The Labute approximate surface area is 504 Å². The van der Waals surface area contributed by atoms with Crippen molar-refractivity contribution < 1.29 is 66.9 Å². The molecule has 0 spiro atoms. The third kappa shape index (κ3) is 18.4. The number of nitrogens with zero attached hydrogens (tertiary/aromatic N) is 6. The van der Waals surface area contributed by atoms with E-state index in [0.717, 1.165) is 30.7 Å². The quantitative estimate of drug-likeness (QED) is 0.0911. The second-order valence-electron chi connectivity index (χ2n) is 24.2. The minimum absolute atomic E-state index is 0.0416. The van der Waals surface area contributed by atoms with Gasteiger partial charge in [0, 0.05) is 66.5 Å². The smallest absolute Gasteiger partial charge is 0.329 e. The van der Waals surface area contributed by atoms with Crippen LogP contribution in [0, 0.1) is 23.7 Å². The Morgan fingerprint density at radius 2 is 0.663 bits per heavy atom. The fraction of sp³-hybridized carbons (Fsp3) is 0.531. The van der Waals surface area contributed by atoms with Gasteiger partial charge >= 0.3 is 23.9 Å². The molecule has 2 aromatic carbocycles. The van der Waals surface area contributed by atoms with Gasteiger partial charge in [-0.3, -0.25) is 28.8 Å². The molecule has 5 rings (SSSR count). The van der Waals surface area contributed by atoms with Gasteiger partial charge < -0.3 is 59.1 Å². The van der Waals surface area contributed by atoms with Crippen molar-refractivity contribution >= 4 is 59.3 Å². The fourth-order valence-electron chi connectivity index (χ4n) is 10.4. The number of benzene rings is 2. The summed E-state index contributed by atoms with van der Waals surface area (Å²) in [5.41, 5.74) is 14.4. The Hall–Kier alpha value is -8.30. The highest BCUT2D eigenvalue weighted by atomic mass is 16.6. The summed E-state index contributed by atoms with van der Waals surface area (Å²) in [4.78, 5) is 146. The van der Waals surface area contributed by atoms with Crippen LogP contribution in [0.1, 0.15) is 138 Å². The van der Waals surface area contributed by atoms with Crippen LogP contribution in [-0.4, -0.2) is 165 Å². The molecule has 0 unspecified atom stereocenters. The zero-order chi connectivity index (χ0) is 64.0. The maximum absolute atomic E-state index is 15.1. The molecular weight excluding hydrogens is 1100 g/mol. The first-order valence-electron chi connectivity index (χ1n) is 29.3. The second-order valence-corrected chi connectivity index (χ2v) is 24.2. The number of hydrogen-bond donors (Lipinski definition) is 2. The number of likely N-dealkylation sites (N-methyl/N-ethyl adjacent to an activating group) is 4. The van der Waals surface area contributed by atoms with Crippen LogP contribution in [0.4, 0.5) is 0 Å². The van der Waals surface area contributed by atoms with Crippen molar-refractivity contribution in [2.75, 3.05) is 28.2 Å². The van der Waals surface area contributed by atoms with Gasteiger partial charge in [0.05, 0.1) is 0 Å². The molecule has 8 atom stereocenters. The van der Waals surface area contributed by atoms with E-state index in [1.807, 2.05) is 55.4 Å². The highest BCUT2D eigenvalue weighted by Crippen LogP contribution is 2.25. The number of amides is 6. The molecule has 22 nitrogen and oxygen atoms in total. The standard InChI is InChI=1S/C64H88N8O14/c1-37(2)29-49-61(79)83-41(9)57(75)67(11)52(32-40(7)8)64(82)86-54(34-44-21-25-46(26-22-44)36-72-28-16-18-48(72)56(66)74)60(78)70(14)50(30-38(3)4)62(80)84-42(10)58(76)68(12)51(31-39(5)6)63(81)85-53(59(77)69(49)13)33-43-19-23-45(24-20-43)35-71-27-15-17-47(71)55(65)73/h15-28,37-42,49-54H,29-36H2,1-14H3,(H2,65,73)(H2,66,74)/t41-,42-,49+,50+,51+,52+,53-,54-/m1/s1. The summed E-state index contributed by atoms with van der Waals surface area (Å²) in [5, 5.41) is 0. The average Bonchev–Trinajstić information content (AvgIpc) is 2.66. The largest absolute Gasteiger partial charge is 0.451 e. The first-order valence-corrected chi connectivity index (χ1v) is 29.3. The van der Waals surface area contributed by atoms with E-state index in [1.165, 1.54) is 42.0 Å². The number of primary amides is 2. The summed E-state index contributed by atoms with van der Waals surface area (Å²) in [6.07, 6.45) is -3.06. The van der Waals surface area contributed by atoms with E-state index in [4.69, 9.17) is 30.4 Å². The minimum atomic E-state index is -1.60. The van der Waals surface area contributed by atoms with Crippen LogP contribution in [-0.2, 0) is 83.2 Å². The monoisotopic (exact) mass is 1190 g/mol. The van der Waals surface area contributed by atoms with Crippen molar-refractivity contribution in [2.24, 2.45) is 35.1 Å². The number of nitrogens with two attached hydrogens (primary N) is 2. The van der Waals surface area contributed by atoms with Crippen molar-refractivity contribution in [1.82, 2.24) is 28.7 Å². The van der Waals surface area contributed by atoms with Crippen molar-refractivity contribution in [3.8, 4) is 0 Å². The lowest BCUT2D eigenvalue weighted by Crippen LogP contribution is -2.55. The number of carbonyl (C=O) groups excluding carboxylic acids is 10. The number of cyclic esters (lactones) is 4. The van der Waals surface area contributed by atoms with Crippen LogP contribution in [0.3, 0.4) is 0 Å². The molecule has 0 radical (unpaired) electrons. The van der Waals surface area contributed by atoms with Crippen molar-refractivity contribution in [2.45, 2.75) is 169 Å². The molecule has 0 saturated carbocycles. The molecule has 1 aliphatic rings. The Morgan fingerprint density at radius 3 is 0.930 bits per heavy atom. The number of rotatable bonds is 18. The summed E-state index contributed by atoms with van der Waals surface area (Å²) in [6.45, 7) is 17.9. The topological polar surface area (TPSA) is 282 Å². The normalized spacial score (nSPS) is 22.3. The summed E-state index contributed by atoms with van der Waals surface area (Å²) in [5.74, 6) is -9.14. The highest BCUT2D eigenvalue weighted by Gasteiger charge is 2.43. The zero-order valence-corrected chi connectivity index (χ0v) is 52.2. The van der Waals surface area contributed by atoms with Gasteiger partial charge in [-0.05, 0) is 110 Å². The molecule has 86 heavy (non-hydrogen) atoms. The lowest BCUT2D eigenvalue weighted by Gasteiger charge is -2.35. The Kier molecular flexibility index (Phi) is 24.4. The van der Waals surface area contributed by atoms with E-state index in [2.05, 4.69) is 0 Å². The molecule has 468 valence electrons. The number of esters is 4. The van der Waals surface area contributed by atoms with E-state index < -0.39 is 108 Å². The molecule has 4 aromatic rings. The summed E-state index contributed by atoms with van der Waals surface area (Å²) in [6, 6.07) is 15.3. The Bertz CT molecular complexity index is 2820. The van der Waals surface area contributed by atoms with Gasteiger partial charge in [-0.2, -0.15) is 0 Å². The van der Waals surface area contributed by atoms with Crippen molar-refractivity contribution in [3.05, 3.63) is 119 Å². The van der Waals surface area contributed by atoms with Crippen LogP contribution in [0.25, 0.3) is 0 Å². The highest BCUT2D eigenvalue weighted by molar-refractivity contribution is 5.95. The average molecular weight is 1190 g/mol. The molecule has 22 heteroatoms. The zero-order valence-electron chi connectivity index (χ0n) is 52.2. The maximum Gasteiger partial charge on any atom is 0.329 e. The molecule has 4 N–H and O–H groups in total. The molecule has 0 aliphatic carbocycles. The van der Waals surface area contributed by atoms with Crippen LogP contribution >= 0.6 is 0 Å². The number of hydrogen-bond acceptors (Lipinski definition) is 14. The number of aromatic nitrogens is 2. The first kappa shape index (κ1) is 68.5. The van der Waals surface area contributed by atoms with Gasteiger partial charge in [0.25, 0.3) is 35.4 Å². The molecular formula is C64H88N8O14. The lowest BCUT2D eigenvalue weighted by atomic mass is 9.99. The van der Waals surface area contributed by atoms with E-state index >= 15 is 9.59 Å². The third-order valence-corrected chi connectivity index (χ3v) is 15.2. The van der Waals surface area contributed by atoms with Gasteiger partial charge in [-0.15, -0.1) is 0 Å². The van der Waals surface area contributed by atoms with Gasteiger partial charge in [0.2, 0.25) is 0 Å². The Balaban J connectivity index is 1.59. The van der Waals surface area contributed by atoms with Gasteiger partial charge in [0.1, 0.15) is 35.6 Å². The SMILES string of the molecule is CC(C)C[C@H]1C(=O)O[C@H](Cc2ccc(Cn3cccc3C(N)=O)cc2)C(=O)N(C)[C@@H](CC(C)C)C(=O)O[C@H](C)C(=O)N(C)[C@@H](CC(C)C)C(=O)O[C@H](Cc2ccc(Cn3cccc3C(N)=O)cc2)C(=O)N(C)[C@@H](CC(C)C)C(=O)O[C@H](C)C(=O)N1C. The van der Waals surface area contributed by atoms with Crippen molar-refractivity contribution in [3.63, 3.8) is 0 Å². The van der Waals surface area contributed by atoms with Crippen LogP contribution < -0.4 is 11.5 Å². The Morgan fingerprint density at radius 1 is 0.407 bits per heavy atom. The summed E-state index contributed by atoms with van der Waals surface area (Å²) in [7, 11) is 5.44. The van der Waals surface area contributed by atoms with E-state index in [9.17, 15) is 38.4 Å². The minimum Gasteiger partial charge on any atom is -0.451 e. The first-order chi connectivity index (χ1) is 40.4. The molecule has 1 saturated heterocycles. The lowest BCUT2D eigenvalue weighted by molar-refractivity contribution is -0.176. The van der Waals surface area contributed by atoms with E-state index in [-0.39, 0.29) is 62.2 Å². The fourth-order valence-corrected chi connectivity index (χ4v) is 10.4. The number of ether oxygens (including phenoxy) is 4. The third-order valence-electron chi connectivity index (χ3n) is 15.2. The maximum atomic E-state index is 15.1. The molecule has 6 amide bonds. The molecule has 1 fully saturated rings. The molecule has 0 bridgehead atoms. The predicted octanol–water partition coefficient (Wildman–Crippen LogP) is 5.56. The van der Waals surface area contributed by atoms with Gasteiger partial charge in [-0.25, -0.2) is 19.2 Å². The predicted molar refractivity (Wildman–Crippen MR) is 319 cm³/mol. The van der Waals surface area contributed by atoms with E-state index in [0.29, 0.717) is 35.6 Å². The second kappa shape index (κ2) is 30.7. The van der Waals surface area contributed by atoms with Crippen LogP contribution in [0.2, 0.25) is 0 Å². The molecule has 2 aromatic heterocycles.